The number of aryl methyl sites for hydroxylation is 2. The van der Waals surface area contributed by atoms with Crippen molar-refractivity contribution in [1.82, 2.24) is 0 Å². The summed E-state index contributed by atoms with van der Waals surface area (Å²) in [6.07, 6.45) is 0. The molecule has 46 heavy (non-hydrogen) atoms. The van der Waals surface area contributed by atoms with Gasteiger partial charge in [0, 0.05) is 16.2 Å². The molecule has 0 saturated carbocycles. The first kappa shape index (κ1) is 26.9. The van der Waals surface area contributed by atoms with Gasteiger partial charge in [0.05, 0.1) is 18.2 Å². The van der Waals surface area contributed by atoms with Gasteiger partial charge in [-0.2, -0.15) is 5.26 Å². The molecule has 2 nitrogen and oxygen atoms in total. The minimum Gasteiger partial charge on any atom is -0.238 e. The summed E-state index contributed by atoms with van der Waals surface area (Å²) in [5.41, 5.74) is 13.8. The maximum Gasteiger partial charge on any atom is 0.195 e. The van der Waals surface area contributed by atoms with Crippen LogP contribution in [0.3, 0.4) is 0 Å². The Morgan fingerprint density at radius 2 is 1.00 bits per heavy atom. The van der Waals surface area contributed by atoms with Gasteiger partial charge in [-0.3, -0.25) is 0 Å². The summed E-state index contributed by atoms with van der Waals surface area (Å²) in [6.45, 7) is 21.7. The first-order valence-electron chi connectivity index (χ1n) is 16.0. The second-order valence-corrected chi connectivity index (χ2v) is 14.4. The molecule has 2 aliphatic carbocycles. The molecule has 0 aliphatic heterocycles. The van der Waals surface area contributed by atoms with Gasteiger partial charge in [-0.1, -0.05) is 82.3 Å². The summed E-state index contributed by atoms with van der Waals surface area (Å²) in [5.74, 6) is 0. The zero-order valence-corrected chi connectivity index (χ0v) is 27.0. The highest BCUT2D eigenvalue weighted by molar-refractivity contribution is 6.17. The average Bonchev–Trinajstić information content (AvgIpc) is 3.43. The Morgan fingerprint density at radius 3 is 1.50 bits per heavy atom. The van der Waals surface area contributed by atoms with Crippen LogP contribution < -0.4 is 0 Å². The molecule has 7 aromatic carbocycles. The molecule has 9 rings (SSSR count). The van der Waals surface area contributed by atoms with Gasteiger partial charge in [0.1, 0.15) is 0 Å². The minimum atomic E-state index is -0.249. The SMILES string of the molecule is [C-]#[N+]c1cc2c(c3ccccc13)-c1cc3c(C)c(C)c4cc5c(cc4c3cc1C2(C)C)C(C)(C)c1cc(C#N)c2ccccc2c1-5. The monoisotopic (exact) mass is 588 g/mol. The number of fused-ring (bicyclic) bond motifs is 13. The largest absolute Gasteiger partial charge is 0.238 e. The Hall–Kier alpha value is -5.44. The molecule has 7 aromatic rings. The van der Waals surface area contributed by atoms with E-state index in [2.05, 4.69) is 125 Å². The predicted molar refractivity (Wildman–Crippen MR) is 192 cm³/mol. The van der Waals surface area contributed by atoms with E-state index in [1.807, 2.05) is 12.1 Å². The fourth-order valence-electron chi connectivity index (χ4n) is 8.89. The quantitative estimate of drug-likeness (QED) is 0.128. The summed E-state index contributed by atoms with van der Waals surface area (Å²) < 4.78 is 0. The Bertz CT molecular complexity index is 2480. The van der Waals surface area contributed by atoms with E-state index in [4.69, 9.17) is 6.57 Å². The smallest absolute Gasteiger partial charge is 0.195 e. The van der Waals surface area contributed by atoms with Gasteiger partial charge in [-0.25, -0.2) is 4.85 Å². The Kier molecular flexibility index (Phi) is 5.05. The summed E-state index contributed by atoms with van der Waals surface area (Å²) in [4.78, 5) is 3.95. The fraction of sp³-hybridized carbons (Fsp3) is 0.182. The molecule has 0 amide bonds. The van der Waals surface area contributed by atoms with Crippen molar-refractivity contribution >= 4 is 48.8 Å². The van der Waals surface area contributed by atoms with Crippen LogP contribution in [0.5, 0.6) is 0 Å². The zero-order chi connectivity index (χ0) is 31.9. The molecule has 0 unspecified atom stereocenters. The third-order valence-electron chi connectivity index (χ3n) is 11.5. The molecule has 0 atom stereocenters. The summed E-state index contributed by atoms with van der Waals surface area (Å²) in [7, 11) is 0. The average molecular weight is 589 g/mol. The lowest BCUT2D eigenvalue weighted by Crippen LogP contribution is -2.15. The highest BCUT2D eigenvalue weighted by Crippen LogP contribution is 2.57. The summed E-state index contributed by atoms with van der Waals surface area (Å²) in [6, 6.07) is 33.3. The van der Waals surface area contributed by atoms with Gasteiger partial charge in [-0.15, -0.1) is 0 Å². The standard InChI is InChI=1S/C44H32N2/c1-23-24(2)31-18-35-37(44(5,6)39-21-40(46-7)27-13-9-11-15-29(27)42(35)39)20-33(31)32-19-36-34(17-30(23)32)41-28-14-10-8-12-26(28)25(22-45)16-38(41)43(36,3)4/h8-21H,1-6H3. The van der Waals surface area contributed by atoms with Gasteiger partial charge < -0.3 is 0 Å². The van der Waals surface area contributed by atoms with Crippen LogP contribution in [0, 0.1) is 31.8 Å². The molecule has 0 N–H and O–H groups in total. The van der Waals surface area contributed by atoms with Crippen LogP contribution in [0.25, 0.3) is 70.2 Å². The molecule has 0 fully saturated rings. The first-order chi connectivity index (χ1) is 22.1. The number of benzene rings is 7. The maximum atomic E-state index is 10.1. The zero-order valence-electron chi connectivity index (χ0n) is 27.0. The van der Waals surface area contributed by atoms with Crippen molar-refractivity contribution in [1.29, 1.82) is 5.26 Å². The number of hydrogen-bond donors (Lipinski definition) is 0. The van der Waals surface area contributed by atoms with E-state index in [9.17, 15) is 5.26 Å². The first-order valence-corrected chi connectivity index (χ1v) is 16.0. The molecule has 0 spiro atoms. The highest BCUT2D eigenvalue weighted by Gasteiger charge is 2.40. The van der Waals surface area contributed by atoms with Crippen LogP contribution in [-0.4, -0.2) is 0 Å². The summed E-state index contributed by atoms with van der Waals surface area (Å²) >= 11 is 0. The minimum absolute atomic E-state index is 0.244. The van der Waals surface area contributed by atoms with Gasteiger partial charge in [0.2, 0.25) is 0 Å². The molecule has 0 heterocycles. The Balaban J connectivity index is 1.39. The van der Waals surface area contributed by atoms with Crippen LogP contribution >= 0.6 is 0 Å². The van der Waals surface area contributed by atoms with Crippen molar-refractivity contribution in [3.05, 3.63) is 135 Å². The van der Waals surface area contributed by atoms with Crippen LogP contribution in [0.4, 0.5) is 5.69 Å². The third kappa shape index (κ3) is 3.10. The van der Waals surface area contributed by atoms with Crippen molar-refractivity contribution in [3.8, 4) is 28.3 Å². The van der Waals surface area contributed by atoms with Crippen LogP contribution in [0.1, 0.15) is 66.6 Å². The van der Waals surface area contributed by atoms with Crippen molar-refractivity contribution in [2.24, 2.45) is 0 Å². The lowest BCUT2D eigenvalue weighted by atomic mass is 9.79. The lowest BCUT2D eigenvalue weighted by Gasteiger charge is -2.24. The van der Waals surface area contributed by atoms with E-state index in [0.29, 0.717) is 0 Å². The van der Waals surface area contributed by atoms with E-state index in [-0.39, 0.29) is 10.8 Å². The van der Waals surface area contributed by atoms with Crippen molar-refractivity contribution in [2.75, 3.05) is 0 Å². The Morgan fingerprint density at radius 1 is 0.543 bits per heavy atom. The summed E-state index contributed by atoms with van der Waals surface area (Å²) in [5, 5.41) is 19.6. The fourth-order valence-corrected chi connectivity index (χ4v) is 8.89. The van der Waals surface area contributed by atoms with Crippen molar-refractivity contribution < 1.29 is 0 Å². The number of nitrogens with zero attached hydrogens (tertiary/aromatic N) is 2. The van der Waals surface area contributed by atoms with Crippen molar-refractivity contribution in [2.45, 2.75) is 52.4 Å². The van der Waals surface area contributed by atoms with Gasteiger partial charge in [-0.05, 0) is 138 Å². The molecule has 0 bridgehead atoms. The number of rotatable bonds is 0. The Labute approximate surface area is 269 Å². The van der Waals surface area contributed by atoms with Crippen LogP contribution in [-0.2, 0) is 10.8 Å². The molecular weight excluding hydrogens is 556 g/mol. The maximum absolute atomic E-state index is 10.1. The van der Waals surface area contributed by atoms with Gasteiger partial charge in [0.15, 0.2) is 5.69 Å². The molecule has 0 saturated heterocycles. The van der Waals surface area contributed by atoms with E-state index in [0.717, 1.165) is 32.8 Å². The van der Waals surface area contributed by atoms with E-state index >= 15 is 0 Å². The molecule has 2 heteroatoms. The highest BCUT2D eigenvalue weighted by atomic mass is 14.6. The second kappa shape index (κ2) is 8.63. The van der Waals surface area contributed by atoms with Gasteiger partial charge in [0.25, 0.3) is 0 Å². The molecular formula is C44H32N2. The van der Waals surface area contributed by atoms with E-state index in [1.165, 1.54) is 77.2 Å². The lowest BCUT2D eigenvalue weighted by molar-refractivity contribution is 0.661. The number of hydrogen-bond acceptors (Lipinski definition) is 1. The van der Waals surface area contributed by atoms with Gasteiger partial charge >= 0.3 is 0 Å². The topological polar surface area (TPSA) is 28.1 Å². The van der Waals surface area contributed by atoms with Crippen LogP contribution in [0.2, 0.25) is 0 Å². The number of nitriles is 1. The van der Waals surface area contributed by atoms with Crippen molar-refractivity contribution in [3.63, 3.8) is 0 Å². The molecule has 218 valence electrons. The second-order valence-electron chi connectivity index (χ2n) is 14.4. The molecule has 2 aliphatic rings. The van der Waals surface area contributed by atoms with E-state index < -0.39 is 0 Å². The van der Waals surface area contributed by atoms with Crippen LogP contribution in [0.15, 0.2) is 84.9 Å². The molecule has 0 aromatic heterocycles. The third-order valence-corrected chi connectivity index (χ3v) is 11.5. The normalized spacial score (nSPS) is 15.0. The van der Waals surface area contributed by atoms with E-state index in [1.54, 1.807) is 0 Å². The predicted octanol–water partition coefficient (Wildman–Crippen LogP) is 12.0. The molecule has 0 radical (unpaired) electrons.